The number of pyridine rings is 1. The highest BCUT2D eigenvalue weighted by molar-refractivity contribution is 8.01. The van der Waals surface area contributed by atoms with Crippen molar-refractivity contribution in [2.45, 2.75) is 30.0 Å². The van der Waals surface area contributed by atoms with Crippen molar-refractivity contribution in [3.8, 4) is 0 Å². The lowest BCUT2D eigenvalue weighted by Gasteiger charge is -2.20. The van der Waals surface area contributed by atoms with E-state index in [0.29, 0.717) is 0 Å². The molecule has 1 aliphatic rings. The highest BCUT2D eigenvalue weighted by atomic mass is 32.2. The summed E-state index contributed by atoms with van der Waals surface area (Å²) in [4.78, 5) is 15.1. The molecule has 1 aromatic heterocycles. The fourth-order valence-corrected chi connectivity index (χ4v) is 3.24. The molecule has 2 N–H and O–H groups in total. The van der Waals surface area contributed by atoms with Crippen LogP contribution in [0.4, 0.5) is 0 Å². The van der Waals surface area contributed by atoms with E-state index in [2.05, 4.69) is 10.3 Å². The molecule has 0 spiro atoms. The summed E-state index contributed by atoms with van der Waals surface area (Å²) in [6.45, 7) is 3.90. The minimum absolute atomic E-state index is 0.0269. The highest BCUT2D eigenvalue weighted by Crippen LogP contribution is 2.45. The Morgan fingerprint density at radius 2 is 2.12 bits per heavy atom. The zero-order chi connectivity index (χ0) is 11.8. The van der Waals surface area contributed by atoms with Crippen LogP contribution in [-0.4, -0.2) is 26.8 Å². The first-order valence-electron chi connectivity index (χ1n) is 5.07. The number of aromatic nitrogens is 1. The average Bonchev–Trinajstić information content (AvgIpc) is 2.56. The van der Waals surface area contributed by atoms with Gasteiger partial charge in [0.15, 0.2) is 0 Å². The summed E-state index contributed by atoms with van der Waals surface area (Å²) < 4.78 is -0.306. The van der Waals surface area contributed by atoms with E-state index in [1.807, 2.05) is 26.0 Å². The Labute approximate surface area is 98.5 Å². The van der Waals surface area contributed by atoms with Gasteiger partial charge in [0.05, 0.1) is 5.37 Å². The number of hydrogen-bond donors (Lipinski definition) is 2. The third-order valence-corrected chi connectivity index (χ3v) is 4.18. The predicted molar refractivity (Wildman–Crippen MR) is 63.2 cm³/mol. The summed E-state index contributed by atoms with van der Waals surface area (Å²) >= 11 is 1.64. The Hall–Kier alpha value is -1.07. The molecule has 0 unspecified atom stereocenters. The van der Waals surface area contributed by atoms with E-state index in [-0.39, 0.29) is 10.1 Å². The molecule has 2 atom stereocenters. The van der Waals surface area contributed by atoms with E-state index in [0.717, 1.165) is 5.56 Å². The Morgan fingerprint density at radius 3 is 2.62 bits per heavy atom. The molecule has 86 valence electrons. The molecule has 1 aliphatic heterocycles. The van der Waals surface area contributed by atoms with Crippen molar-refractivity contribution >= 4 is 17.7 Å². The van der Waals surface area contributed by atoms with E-state index in [4.69, 9.17) is 5.11 Å². The molecule has 0 aromatic carbocycles. The summed E-state index contributed by atoms with van der Waals surface area (Å²) in [5.41, 5.74) is 1.07. The summed E-state index contributed by atoms with van der Waals surface area (Å²) in [6.07, 6.45) is 3.44. The third-order valence-electron chi connectivity index (χ3n) is 2.69. The molecule has 1 aromatic rings. The molecule has 2 rings (SSSR count). The molecular weight excluding hydrogens is 224 g/mol. The van der Waals surface area contributed by atoms with E-state index in [1.165, 1.54) is 0 Å². The minimum atomic E-state index is -0.797. The predicted octanol–water partition coefficient (Wildman–Crippen LogP) is 1.65. The molecule has 16 heavy (non-hydrogen) atoms. The first kappa shape index (κ1) is 11.4. The number of nitrogens with one attached hydrogen (secondary N) is 1. The van der Waals surface area contributed by atoms with Crippen LogP contribution >= 0.6 is 11.8 Å². The number of carboxylic acids is 1. The van der Waals surface area contributed by atoms with Gasteiger partial charge in [-0.1, -0.05) is 0 Å². The third kappa shape index (κ3) is 2.05. The quantitative estimate of drug-likeness (QED) is 0.820. The lowest BCUT2D eigenvalue weighted by atomic mass is 10.0. The zero-order valence-electron chi connectivity index (χ0n) is 9.18. The van der Waals surface area contributed by atoms with Gasteiger partial charge in [0, 0.05) is 17.1 Å². The van der Waals surface area contributed by atoms with Crippen molar-refractivity contribution in [3.63, 3.8) is 0 Å². The Morgan fingerprint density at radius 1 is 1.50 bits per heavy atom. The number of rotatable bonds is 2. The van der Waals surface area contributed by atoms with Crippen LogP contribution in [0.2, 0.25) is 0 Å². The molecule has 1 saturated heterocycles. The van der Waals surface area contributed by atoms with E-state index in [1.54, 1.807) is 24.2 Å². The van der Waals surface area contributed by atoms with Crippen LogP contribution in [0.3, 0.4) is 0 Å². The number of hydrogen-bond acceptors (Lipinski definition) is 4. The standard InChI is InChI=1S/C11H14N2O2S/c1-11(2)8(10(14)15)13-9(16-11)7-3-5-12-6-4-7/h3-6,8-9,13H,1-2H3,(H,14,15)/t8-,9-/m0/s1. The van der Waals surface area contributed by atoms with Crippen molar-refractivity contribution in [3.05, 3.63) is 30.1 Å². The number of thioether (sulfide) groups is 1. The molecule has 0 amide bonds. The van der Waals surface area contributed by atoms with Gasteiger partial charge < -0.3 is 5.11 Å². The molecule has 1 fully saturated rings. The number of carboxylic acid groups (broad SMARTS) is 1. The van der Waals surface area contributed by atoms with Gasteiger partial charge in [0.25, 0.3) is 0 Å². The van der Waals surface area contributed by atoms with Crippen LogP contribution in [0, 0.1) is 0 Å². The second kappa shape index (κ2) is 4.07. The molecule has 2 heterocycles. The Bertz CT molecular complexity index is 394. The maximum Gasteiger partial charge on any atom is 0.322 e. The van der Waals surface area contributed by atoms with Gasteiger partial charge in [-0.05, 0) is 31.5 Å². The smallest absolute Gasteiger partial charge is 0.322 e. The lowest BCUT2D eigenvalue weighted by Crippen LogP contribution is -2.43. The minimum Gasteiger partial charge on any atom is -0.480 e. The number of aliphatic carboxylic acids is 1. The SMILES string of the molecule is CC1(C)S[C@@H](c2ccncc2)N[C@H]1C(=O)O. The summed E-state index contributed by atoms with van der Waals surface area (Å²) in [7, 11) is 0. The Kier molecular flexibility index (Phi) is 2.90. The largest absolute Gasteiger partial charge is 0.480 e. The van der Waals surface area contributed by atoms with Crippen molar-refractivity contribution in [2.24, 2.45) is 0 Å². The normalized spacial score (nSPS) is 27.9. The topological polar surface area (TPSA) is 62.2 Å². The van der Waals surface area contributed by atoms with Gasteiger partial charge in [0.2, 0.25) is 0 Å². The monoisotopic (exact) mass is 238 g/mol. The molecule has 5 heteroatoms. The first-order chi connectivity index (χ1) is 7.50. The maximum atomic E-state index is 11.1. The van der Waals surface area contributed by atoms with Crippen LogP contribution < -0.4 is 5.32 Å². The van der Waals surface area contributed by atoms with Gasteiger partial charge in [-0.2, -0.15) is 0 Å². The van der Waals surface area contributed by atoms with E-state index < -0.39 is 12.0 Å². The first-order valence-corrected chi connectivity index (χ1v) is 5.95. The second-order valence-corrected chi connectivity index (χ2v) is 6.08. The fourth-order valence-electron chi connectivity index (χ4n) is 1.83. The molecule has 0 bridgehead atoms. The van der Waals surface area contributed by atoms with Crippen molar-refractivity contribution < 1.29 is 9.90 Å². The van der Waals surface area contributed by atoms with Crippen molar-refractivity contribution in [1.29, 1.82) is 0 Å². The summed E-state index contributed by atoms with van der Waals surface area (Å²) in [5.74, 6) is -0.797. The van der Waals surface area contributed by atoms with Gasteiger partial charge in [-0.25, -0.2) is 0 Å². The summed E-state index contributed by atoms with van der Waals surface area (Å²) in [5, 5.41) is 12.3. The van der Waals surface area contributed by atoms with Gasteiger partial charge in [0.1, 0.15) is 6.04 Å². The molecule has 0 saturated carbocycles. The summed E-state index contributed by atoms with van der Waals surface area (Å²) in [6, 6.07) is 3.30. The van der Waals surface area contributed by atoms with Crippen LogP contribution in [0.1, 0.15) is 24.8 Å². The van der Waals surface area contributed by atoms with Crippen molar-refractivity contribution in [2.75, 3.05) is 0 Å². The van der Waals surface area contributed by atoms with Gasteiger partial charge in [-0.3, -0.25) is 15.1 Å². The molecule has 4 nitrogen and oxygen atoms in total. The van der Waals surface area contributed by atoms with Gasteiger partial charge >= 0.3 is 5.97 Å². The Balaban J connectivity index is 2.21. The van der Waals surface area contributed by atoms with Crippen LogP contribution in [0.15, 0.2) is 24.5 Å². The number of carbonyl (C=O) groups is 1. The van der Waals surface area contributed by atoms with Crippen LogP contribution in [-0.2, 0) is 4.79 Å². The average molecular weight is 238 g/mol. The number of nitrogens with zero attached hydrogens (tertiary/aromatic N) is 1. The zero-order valence-corrected chi connectivity index (χ0v) is 9.99. The maximum absolute atomic E-state index is 11.1. The van der Waals surface area contributed by atoms with Crippen LogP contribution in [0.5, 0.6) is 0 Å². The van der Waals surface area contributed by atoms with Crippen molar-refractivity contribution in [1.82, 2.24) is 10.3 Å². The molecular formula is C11H14N2O2S. The second-order valence-electron chi connectivity index (χ2n) is 4.32. The van der Waals surface area contributed by atoms with E-state index in [9.17, 15) is 4.79 Å². The lowest BCUT2D eigenvalue weighted by molar-refractivity contribution is -0.139. The molecule has 0 radical (unpaired) electrons. The fraction of sp³-hybridized carbons (Fsp3) is 0.455. The highest BCUT2D eigenvalue weighted by Gasteiger charge is 2.45. The van der Waals surface area contributed by atoms with E-state index >= 15 is 0 Å². The van der Waals surface area contributed by atoms with Crippen LogP contribution in [0.25, 0.3) is 0 Å². The van der Waals surface area contributed by atoms with Gasteiger partial charge in [-0.15, -0.1) is 11.8 Å². The molecule has 0 aliphatic carbocycles.